The van der Waals surface area contributed by atoms with Crippen molar-refractivity contribution in [3.63, 3.8) is 0 Å². The van der Waals surface area contributed by atoms with Gasteiger partial charge in [-0.2, -0.15) is 16.9 Å². The van der Waals surface area contributed by atoms with Crippen LogP contribution in [0.1, 0.15) is 37.5 Å². The van der Waals surface area contributed by atoms with Gasteiger partial charge in [-0.15, -0.1) is 0 Å². The van der Waals surface area contributed by atoms with Crippen molar-refractivity contribution in [1.29, 1.82) is 0 Å². The molecule has 1 fully saturated rings. The van der Waals surface area contributed by atoms with E-state index in [0.717, 1.165) is 24.2 Å². The van der Waals surface area contributed by atoms with Gasteiger partial charge < -0.3 is 5.11 Å². The highest BCUT2D eigenvalue weighted by Crippen LogP contribution is 2.58. The van der Waals surface area contributed by atoms with E-state index in [1.165, 1.54) is 6.33 Å². The van der Waals surface area contributed by atoms with E-state index in [0.29, 0.717) is 5.02 Å². The van der Waals surface area contributed by atoms with Crippen molar-refractivity contribution in [2.75, 3.05) is 5.75 Å². The Hall–Kier alpha value is -1.04. The third-order valence-corrected chi connectivity index (χ3v) is 5.71. The number of nitrogens with zero attached hydrogens (tertiary/aromatic N) is 3. The summed E-state index contributed by atoms with van der Waals surface area (Å²) in [5, 5.41) is 15.8. The molecule has 1 aromatic heterocycles. The summed E-state index contributed by atoms with van der Waals surface area (Å²) in [6.45, 7) is 2.15. The fraction of sp³-hybridized carbons (Fsp3) is 0.467. The molecule has 112 valence electrons. The molecule has 21 heavy (non-hydrogen) atoms. The van der Waals surface area contributed by atoms with Crippen LogP contribution in [0, 0.1) is 0 Å². The lowest BCUT2D eigenvalue weighted by Crippen LogP contribution is -2.30. The van der Waals surface area contributed by atoms with E-state index in [-0.39, 0.29) is 10.8 Å². The topological polar surface area (TPSA) is 50.9 Å². The van der Waals surface area contributed by atoms with Crippen LogP contribution in [0.3, 0.4) is 0 Å². The maximum Gasteiger partial charge on any atom is 0.137 e. The minimum absolute atomic E-state index is 0.0570. The van der Waals surface area contributed by atoms with Gasteiger partial charge in [-0.25, -0.2) is 9.67 Å². The first-order chi connectivity index (χ1) is 10.2. The largest absolute Gasteiger partial charge is 0.386 e. The second-order valence-corrected chi connectivity index (χ2v) is 7.43. The summed E-state index contributed by atoms with van der Waals surface area (Å²) in [6, 6.07) is 7.27. The molecule has 6 heteroatoms. The SMILES string of the molecule is CCSC1(C(C(O)c2ccc(Cl)cc2)n2cncn2)CC1. The number of halogens is 1. The second-order valence-electron chi connectivity index (χ2n) is 5.31. The normalized spacial score (nSPS) is 19.2. The van der Waals surface area contributed by atoms with Gasteiger partial charge in [0.15, 0.2) is 0 Å². The van der Waals surface area contributed by atoms with Gasteiger partial charge in [0, 0.05) is 9.77 Å². The summed E-state index contributed by atoms with van der Waals surface area (Å²) in [5.41, 5.74) is 0.864. The zero-order valence-electron chi connectivity index (χ0n) is 11.8. The van der Waals surface area contributed by atoms with Gasteiger partial charge in [-0.3, -0.25) is 0 Å². The van der Waals surface area contributed by atoms with Crippen molar-refractivity contribution >= 4 is 23.4 Å². The number of hydrogen-bond donors (Lipinski definition) is 1. The Morgan fingerprint density at radius 2 is 2.10 bits per heavy atom. The molecule has 0 amide bonds. The Bertz CT molecular complexity index is 583. The van der Waals surface area contributed by atoms with Gasteiger partial charge >= 0.3 is 0 Å². The van der Waals surface area contributed by atoms with E-state index in [2.05, 4.69) is 17.0 Å². The molecule has 1 aliphatic rings. The third kappa shape index (κ3) is 2.96. The highest BCUT2D eigenvalue weighted by atomic mass is 35.5. The van der Waals surface area contributed by atoms with Crippen LogP contribution in [-0.4, -0.2) is 30.4 Å². The quantitative estimate of drug-likeness (QED) is 0.884. The molecule has 0 radical (unpaired) electrons. The van der Waals surface area contributed by atoms with Gasteiger partial charge in [0.2, 0.25) is 0 Å². The Balaban J connectivity index is 1.94. The molecule has 2 aromatic rings. The van der Waals surface area contributed by atoms with Gasteiger partial charge in [-0.1, -0.05) is 30.7 Å². The monoisotopic (exact) mass is 323 g/mol. The molecule has 1 aliphatic carbocycles. The first-order valence-corrected chi connectivity index (χ1v) is 8.44. The van der Waals surface area contributed by atoms with E-state index in [1.54, 1.807) is 11.0 Å². The molecule has 1 aromatic carbocycles. The van der Waals surface area contributed by atoms with Crippen LogP contribution in [0.4, 0.5) is 0 Å². The van der Waals surface area contributed by atoms with Gasteiger partial charge in [0.25, 0.3) is 0 Å². The van der Waals surface area contributed by atoms with E-state index < -0.39 is 6.10 Å². The molecule has 3 rings (SSSR count). The lowest BCUT2D eigenvalue weighted by Gasteiger charge is -2.31. The van der Waals surface area contributed by atoms with E-state index in [1.807, 2.05) is 36.0 Å². The van der Waals surface area contributed by atoms with E-state index in [4.69, 9.17) is 11.6 Å². The van der Waals surface area contributed by atoms with Crippen molar-refractivity contribution in [1.82, 2.24) is 14.8 Å². The zero-order valence-corrected chi connectivity index (χ0v) is 13.4. The molecular formula is C15H18ClN3OS. The first kappa shape index (κ1) is 14.9. The molecule has 4 nitrogen and oxygen atoms in total. The first-order valence-electron chi connectivity index (χ1n) is 7.08. The van der Waals surface area contributed by atoms with E-state index >= 15 is 0 Å². The molecule has 1 heterocycles. The number of aromatic nitrogens is 3. The summed E-state index contributed by atoms with van der Waals surface area (Å²) in [4.78, 5) is 4.05. The van der Waals surface area contributed by atoms with Gasteiger partial charge in [0.05, 0.1) is 6.04 Å². The number of thioether (sulfide) groups is 1. The highest BCUT2D eigenvalue weighted by Gasteiger charge is 2.53. The number of aliphatic hydroxyl groups excluding tert-OH is 1. The highest BCUT2D eigenvalue weighted by molar-refractivity contribution is 8.00. The minimum Gasteiger partial charge on any atom is -0.386 e. The van der Waals surface area contributed by atoms with Crippen LogP contribution >= 0.6 is 23.4 Å². The lowest BCUT2D eigenvalue weighted by atomic mass is 9.98. The van der Waals surface area contributed by atoms with E-state index in [9.17, 15) is 5.11 Å². The lowest BCUT2D eigenvalue weighted by molar-refractivity contribution is 0.100. The van der Waals surface area contributed by atoms with Crippen LogP contribution in [0.2, 0.25) is 5.02 Å². The van der Waals surface area contributed by atoms with Crippen molar-refractivity contribution in [3.8, 4) is 0 Å². The molecule has 1 saturated carbocycles. The van der Waals surface area contributed by atoms with Crippen molar-refractivity contribution in [2.24, 2.45) is 0 Å². The summed E-state index contributed by atoms with van der Waals surface area (Å²) in [5.74, 6) is 1.03. The van der Waals surface area contributed by atoms with Gasteiger partial charge in [0.1, 0.15) is 18.8 Å². The Morgan fingerprint density at radius 3 is 2.62 bits per heavy atom. The predicted octanol–water partition coefficient (Wildman–Crippen LogP) is 3.49. The average Bonchev–Trinajstić information content (AvgIpc) is 3.04. The van der Waals surface area contributed by atoms with Crippen LogP contribution in [0.5, 0.6) is 0 Å². The van der Waals surface area contributed by atoms with Crippen molar-refractivity contribution in [2.45, 2.75) is 36.7 Å². The summed E-state index contributed by atoms with van der Waals surface area (Å²) >= 11 is 7.84. The second kappa shape index (κ2) is 5.99. The fourth-order valence-corrected chi connectivity index (χ4v) is 4.31. The smallest absolute Gasteiger partial charge is 0.137 e. The Labute approximate surface area is 133 Å². The molecule has 2 atom stereocenters. The maximum atomic E-state index is 10.9. The zero-order chi connectivity index (χ0) is 14.9. The fourth-order valence-electron chi connectivity index (χ4n) is 2.81. The molecule has 0 aliphatic heterocycles. The molecular weight excluding hydrogens is 306 g/mol. The number of rotatable bonds is 6. The van der Waals surface area contributed by atoms with Gasteiger partial charge in [-0.05, 0) is 36.3 Å². The minimum atomic E-state index is -0.620. The molecule has 1 N–H and O–H groups in total. The Kier molecular flexibility index (Phi) is 4.24. The summed E-state index contributed by atoms with van der Waals surface area (Å²) in [7, 11) is 0. The van der Waals surface area contributed by atoms with Crippen LogP contribution in [0.25, 0.3) is 0 Å². The number of hydrogen-bond acceptors (Lipinski definition) is 4. The standard InChI is InChI=1S/C15H18ClN3OS/c1-2-21-15(7-8-15)14(19-10-17-9-18-19)13(20)11-3-5-12(16)6-4-11/h3-6,9-10,13-14,20H,2,7-8H2,1H3. The molecule has 0 spiro atoms. The van der Waals surface area contributed by atoms with Crippen LogP contribution in [0.15, 0.2) is 36.9 Å². The molecule has 0 bridgehead atoms. The molecule has 0 saturated heterocycles. The van der Waals surface area contributed by atoms with Crippen molar-refractivity contribution < 1.29 is 5.11 Å². The maximum absolute atomic E-state index is 10.9. The average molecular weight is 324 g/mol. The molecule has 2 unspecified atom stereocenters. The van der Waals surface area contributed by atoms with Crippen molar-refractivity contribution in [3.05, 3.63) is 47.5 Å². The third-order valence-electron chi connectivity index (χ3n) is 3.95. The predicted molar refractivity (Wildman–Crippen MR) is 85.6 cm³/mol. The number of aliphatic hydroxyl groups is 1. The van der Waals surface area contributed by atoms with Crippen LogP contribution < -0.4 is 0 Å². The van der Waals surface area contributed by atoms with Crippen LogP contribution in [-0.2, 0) is 0 Å². The summed E-state index contributed by atoms with van der Waals surface area (Å²) in [6.07, 6.45) is 4.79. The number of benzene rings is 1. The Morgan fingerprint density at radius 1 is 1.38 bits per heavy atom. The summed E-state index contributed by atoms with van der Waals surface area (Å²) < 4.78 is 1.86.